The lowest BCUT2D eigenvalue weighted by Crippen LogP contribution is -2.32. The van der Waals surface area contributed by atoms with Crippen molar-refractivity contribution in [2.45, 2.75) is 47.3 Å². The number of benzene rings is 1. The Labute approximate surface area is 170 Å². The van der Waals surface area contributed by atoms with Gasteiger partial charge in [0, 0.05) is 37.7 Å². The van der Waals surface area contributed by atoms with E-state index in [9.17, 15) is 0 Å². The largest absolute Gasteiger partial charge is 0.437 e. The SMILES string of the molecule is [2H]C([2H])([2H])c1cc(C)c(-c2cc(C)c(C([2H])(C)C([2H])([2H])[2H])c[n+]2C)c2oc3nc(C)ccc3c12. The van der Waals surface area contributed by atoms with E-state index in [1.807, 2.05) is 32.0 Å². The lowest BCUT2D eigenvalue weighted by molar-refractivity contribution is -0.660. The third-order valence-electron chi connectivity index (χ3n) is 5.09. The zero-order chi connectivity index (χ0) is 25.4. The van der Waals surface area contributed by atoms with Gasteiger partial charge in [-0.15, -0.1) is 0 Å². The molecule has 0 fully saturated rings. The van der Waals surface area contributed by atoms with E-state index < -0.39 is 19.6 Å². The summed E-state index contributed by atoms with van der Waals surface area (Å²) < 4.78 is 64.3. The molecule has 0 spiro atoms. The van der Waals surface area contributed by atoms with Gasteiger partial charge in [-0.25, -0.2) is 9.55 Å². The molecule has 27 heavy (non-hydrogen) atoms. The standard InChI is InChI=1S/C24H27N2O/c1-13(2)19-12-26(7)20(11-14(19)3)22-16(5)10-15(4)21-18-9-8-17(6)25-24(18)27-23(21)22/h8-13H,1-7H3/q+1/i1D3,4D3,13D. The lowest BCUT2D eigenvalue weighted by Gasteiger charge is -2.12. The number of pyridine rings is 2. The summed E-state index contributed by atoms with van der Waals surface area (Å²) in [4.78, 5) is 4.47. The number of hydrogen-bond donors (Lipinski definition) is 0. The van der Waals surface area contributed by atoms with E-state index in [2.05, 4.69) is 4.98 Å². The van der Waals surface area contributed by atoms with Crippen LogP contribution in [-0.4, -0.2) is 4.98 Å². The smallest absolute Gasteiger partial charge is 0.227 e. The summed E-state index contributed by atoms with van der Waals surface area (Å²) in [5, 5.41) is 1.13. The average Bonchev–Trinajstić information content (AvgIpc) is 3.05. The van der Waals surface area contributed by atoms with E-state index in [4.69, 9.17) is 14.0 Å². The maximum atomic E-state index is 8.53. The summed E-state index contributed by atoms with van der Waals surface area (Å²) in [5.41, 5.74) is 4.93. The highest BCUT2D eigenvalue weighted by atomic mass is 16.3. The number of furan rings is 1. The highest BCUT2D eigenvalue weighted by Gasteiger charge is 2.24. The number of aromatic nitrogens is 2. The number of nitrogens with zero attached hydrogens (tertiary/aromatic N) is 2. The van der Waals surface area contributed by atoms with Crippen molar-refractivity contribution in [2.75, 3.05) is 0 Å². The number of hydrogen-bond acceptors (Lipinski definition) is 2. The van der Waals surface area contributed by atoms with Crippen LogP contribution in [0.5, 0.6) is 0 Å². The van der Waals surface area contributed by atoms with Gasteiger partial charge in [-0.05, 0) is 62.3 Å². The van der Waals surface area contributed by atoms with Crippen LogP contribution in [0.2, 0.25) is 0 Å². The van der Waals surface area contributed by atoms with Gasteiger partial charge in [0.1, 0.15) is 7.05 Å². The van der Waals surface area contributed by atoms with Gasteiger partial charge in [-0.2, -0.15) is 0 Å². The quantitative estimate of drug-likeness (QED) is 0.418. The Morgan fingerprint density at radius 2 is 1.96 bits per heavy atom. The molecular weight excluding hydrogens is 332 g/mol. The number of rotatable bonds is 2. The van der Waals surface area contributed by atoms with E-state index in [1.165, 1.54) is 6.92 Å². The Morgan fingerprint density at radius 3 is 2.70 bits per heavy atom. The minimum absolute atomic E-state index is 0.199. The fourth-order valence-electron chi connectivity index (χ4n) is 3.76. The van der Waals surface area contributed by atoms with Crippen LogP contribution >= 0.6 is 0 Å². The van der Waals surface area contributed by atoms with Crippen molar-refractivity contribution in [1.82, 2.24) is 4.98 Å². The second kappa shape index (κ2) is 6.19. The van der Waals surface area contributed by atoms with Crippen LogP contribution in [0.4, 0.5) is 0 Å². The van der Waals surface area contributed by atoms with Crippen LogP contribution in [0.1, 0.15) is 57.2 Å². The van der Waals surface area contributed by atoms with Crippen molar-refractivity contribution in [2.24, 2.45) is 7.05 Å². The third-order valence-corrected chi connectivity index (χ3v) is 5.09. The van der Waals surface area contributed by atoms with Crippen LogP contribution in [0.25, 0.3) is 33.3 Å². The highest BCUT2D eigenvalue weighted by Crippen LogP contribution is 2.39. The normalized spacial score (nSPS) is 18.8. The van der Waals surface area contributed by atoms with Gasteiger partial charge in [0.05, 0.1) is 5.56 Å². The van der Waals surface area contributed by atoms with E-state index in [-0.39, 0.29) is 5.56 Å². The number of aryl methyl sites for hydroxylation is 5. The average molecular weight is 367 g/mol. The Hall–Kier alpha value is -2.68. The molecule has 3 heteroatoms. The molecule has 138 valence electrons. The second-order valence-electron chi connectivity index (χ2n) is 7.22. The molecule has 3 aromatic heterocycles. The van der Waals surface area contributed by atoms with E-state index >= 15 is 0 Å². The third kappa shape index (κ3) is 2.73. The molecule has 0 N–H and O–H groups in total. The molecule has 4 aromatic rings. The molecule has 1 atom stereocenters. The summed E-state index contributed by atoms with van der Waals surface area (Å²) in [6.07, 6.45) is 1.66. The maximum absolute atomic E-state index is 8.53. The first kappa shape index (κ1) is 11.2. The van der Waals surface area contributed by atoms with Crippen LogP contribution in [0.15, 0.2) is 34.9 Å². The topological polar surface area (TPSA) is 29.9 Å². The Balaban J connectivity index is 2.09. The monoisotopic (exact) mass is 366 g/mol. The molecule has 0 saturated heterocycles. The summed E-state index contributed by atoms with van der Waals surface area (Å²) in [6.45, 7) is 2.00. The first-order chi connectivity index (χ1) is 15.5. The Kier molecular flexibility index (Phi) is 2.57. The van der Waals surface area contributed by atoms with Crippen LogP contribution in [0, 0.1) is 27.6 Å². The first-order valence-corrected chi connectivity index (χ1v) is 8.89. The van der Waals surface area contributed by atoms with Crippen molar-refractivity contribution < 1.29 is 18.6 Å². The van der Waals surface area contributed by atoms with Gasteiger partial charge < -0.3 is 4.42 Å². The second-order valence-corrected chi connectivity index (χ2v) is 7.22. The van der Waals surface area contributed by atoms with Gasteiger partial charge in [0.25, 0.3) is 0 Å². The van der Waals surface area contributed by atoms with Crippen molar-refractivity contribution in [1.29, 1.82) is 0 Å². The molecule has 1 aromatic carbocycles. The van der Waals surface area contributed by atoms with Gasteiger partial charge in [0.2, 0.25) is 11.4 Å². The Morgan fingerprint density at radius 1 is 1.15 bits per heavy atom. The van der Waals surface area contributed by atoms with Crippen molar-refractivity contribution in [3.8, 4) is 11.3 Å². The molecule has 0 aliphatic carbocycles. The van der Waals surface area contributed by atoms with Gasteiger partial charge >= 0.3 is 0 Å². The molecule has 0 aliphatic heterocycles. The van der Waals surface area contributed by atoms with Crippen molar-refractivity contribution in [3.05, 3.63) is 58.4 Å². The van der Waals surface area contributed by atoms with E-state index in [1.54, 1.807) is 30.8 Å². The highest BCUT2D eigenvalue weighted by molar-refractivity contribution is 6.10. The fourth-order valence-corrected chi connectivity index (χ4v) is 3.76. The molecule has 0 amide bonds. The van der Waals surface area contributed by atoms with Crippen LogP contribution < -0.4 is 4.57 Å². The molecule has 0 radical (unpaired) electrons. The van der Waals surface area contributed by atoms with Gasteiger partial charge in [-0.1, -0.05) is 19.8 Å². The van der Waals surface area contributed by atoms with Crippen molar-refractivity contribution >= 4 is 22.1 Å². The zero-order valence-corrected chi connectivity index (χ0v) is 16.2. The van der Waals surface area contributed by atoms with Gasteiger partial charge in [-0.3, -0.25) is 0 Å². The number of fused-ring (bicyclic) bond motifs is 3. The van der Waals surface area contributed by atoms with Crippen molar-refractivity contribution in [3.63, 3.8) is 0 Å². The summed E-state index contributed by atoms with van der Waals surface area (Å²) in [7, 11) is 1.78. The Bertz CT molecular complexity index is 1450. The molecule has 1 unspecified atom stereocenters. The zero-order valence-electron chi connectivity index (χ0n) is 23.2. The minimum Gasteiger partial charge on any atom is -0.437 e. The molecule has 4 rings (SSSR count). The predicted molar refractivity (Wildman–Crippen MR) is 111 cm³/mol. The molecule has 3 nitrogen and oxygen atoms in total. The minimum atomic E-state index is -2.50. The first-order valence-electron chi connectivity index (χ1n) is 12.4. The van der Waals surface area contributed by atoms with E-state index in [0.29, 0.717) is 44.3 Å². The summed E-state index contributed by atoms with van der Waals surface area (Å²) in [6, 6.07) is 7.15. The summed E-state index contributed by atoms with van der Waals surface area (Å²) in [5.74, 6) is -1.79. The summed E-state index contributed by atoms with van der Waals surface area (Å²) >= 11 is 0. The molecule has 0 aliphatic rings. The van der Waals surface area contributed by atoms with Crippen LogP contribution in [-0.2, 0) is 7.05 Å². The lowest BCUT2D eigenvalue weighted by atomic mass is 9.94. The van der Waals surface area contributed by atoms with Crippen LogP contribution in [0.3, 0.4) is 0 Å². The molecule has 0 saturated carbocycles. The predicted octanol–water partition coefficient (Wildman–Crippen LogP) is 5.83. The molecule has 3 heterocycles. The molecular formula is C24H27N2O+. The maximum Gasteiger partial charge on any atom is 0.227 e. The fraction of sp³-hybridized carbons (Fsp3) is 0.333. The van der Waals surface area contributed by atoms with E-state index in [0.717, 1.165) is 11.4 Å². The molecule has 0 bridgehead atoms. The van der Waals surface area contributed by atoms with Gasteiger partial charge in [0.15, 0.2) is 11.8 Å².